The van der Waals surface area contributed by atoms with Gasteiger partial charge in [0.1, 0.15) is 5.75 Å². The molecule has 0 atom stereocenters. The molecule has 1 aromatic carbocycles. The summed E-state index contributed by atoms with van der Waals surface area (Å²) in [5.41, 5.74) is 1.33. The Kier molecular flexibility index (Phi) is 12.2. The molecule has 0 fully saturated rings. The number of aryl methyl sites for hydroxylation is 1. The van der Waals surface area contributed by atoms with Crippen LogP contribution in [-0.4, -0.2) is 6.61 Å². The highest BCUT2D eigenvalue weighted by Gasteiger charge is 1.94. The number of unbranched alkanes of at least 4 members (excludes halogenated alkanes) is 2. The van der Waals surface area contributed by atoms with Crippen LogP contribution in [0.2, 0.25) is 0 Å². The fraction of sp³-hybridized carbons (Fsp3) is 0.391. The number of hydrogen-bond donors (Lipinski definition) is 0. The topological polar surface area (TPSA) is 9.23 Å². The van der Waals surface area contributed by atoms with Crippen molar-refractivity contribution in [2.75, 3.05) is 6.61 Å². The minimum atomic E-state index is 0.770. The highest BCUT2D eigenvalue weighted by molar-refractivity contribution is 5.28. The lowest BCUT2D eigenvalue weighted by Gasteiger charge is -2.06. The molecule has 0 aliphatic carbocycles. The third kappa shape index (κ3) is 10.7. The molecule has 0 bridgehead atoms. The largest absolute Gasteiger partial charge is 0.494 e. The van der Waals surface area contributed by atoms with Crippen LogP contribution in [0.4, 0.5) is 0 Å². The van der Waals surface area contributed by atoms with Crippen LogP contribution in [0.25, 0.3) is 0 Å². The first kappa shape index (κ1) is 20.0. The van der Waals surface area contributed by atoms with Crippen LogP contribution >= 0.6 is 0 Å². The van der Waals surface area contributed by atoms with Gasteiger partial charge in [0.2, 0.25) is 0 Å². The lowest BCUT2D eigenvalue weighted by molar-refractivity contribution is 0.312. The Morgan fingerprint density at radius 3 is 2.33 bits per heavy atom. The highest BCUT2D eigenvalue weighted by atomic mass is 16.5. The number of benzene rings is 1. The summed E-state index contributed by atoms with van der Waals surface area (Å²) >= 11 is 0. The van der Waals surface area contributed by atoms with Gasteiger partial charge >= 0.3 is 0 Å². The van der Waals surface area contributed by atoms with E-state index in [1.54, 1.807) is 0 Å². The van der Waals surface area contributed by atoms with Gasteiger partial charge < -0.3 is 4.74 Å². The third-order valence-electron chi connectivity index (χ3n) is 3.60. The summed E-state index contributed by atoms with van der Waals surface area (Å²) in [5.74, 6) is 0.983. The summed E-state index contributed by atoms with van der Waals surface area (Å²) in [6, 6.07) is 8.36. The lowest BCUT2D eigenvalue weighted by Crippen LogP contribution is -1.96. The molecule has 0 spiro atoms. The van der Waals surface area contributed by atoms with Crippen molar-refractivity contribution in [1.82, 2.24) is 0 Å². The Balaban J connectivity index is 2.05. The summed E-state index contributed by atoms with van der Waals surface area (Å²) in [6.07, 6.45) is 23.8. The molecule has 130 valence electrons. The normalized spacial score (nSPS) is 12.2. The molecule has 0 saturated heterocycles. The fourth-order valence-electron chi connectivity index (χ4n) is 2.20. The second kappa shape index (κ2) is 14.6. The number of rotatable bonds is 12. The summed E-state index contributed by atoms with van der Waals surface area (Å²) in [5, 5.41) is 0. The number of hydrogen-bond acceptors (Lipinski definition) is 1. The van der Waals surface area contributed by atoms with Crippen molar-refractivity contribution in [2.45, 2.75) is 52.4 Å². The van der Waals surface area contributed by atoms with Crippen LogP contribution in [0.3, 0.4) is 0 Å². The van der Waals surface area contributed by atoms with E-state index < -0.39 is 0 Å². The SMILES string of the molecule is CC/C=C\CC/C=C/C=C\C=C\CCCOc1cccc(CC)c1. The van der Waals surface area contributed by atoms with Crippen LogP contribution in [0.1, 0.15) is 51.5 Å². The molecule has 0 aromatic heterocycles. The smallest absolute Gasteiger partial charge is 0.119 e. The molecule has 0 heterocycles. The van der Waals surface area contributed by atoms with Crippen LogP contribution in [0, 0.1) is 0 Å². The summed E-state index contributed by atoms with van der Waals surface area (Å²) in [6.45, 7) is 5.10. The van der Waals surface area contributed by atoms with Gasteiger partial charge in [0.05, 0.1) is 6.61 Å². The number of ether oxygens (including phenoxy) is 1. The van der Waals surface area contributed by atoms with Gasteiger partial charge in [-0.15, -0.1) is 0 Å². The van der Waals surface area contributed by atoms with Gasteiger partial charge in [-0.1, -0.05) is 74.6 Å². The van der Waals surface area contributed by atoms with Gasteiger partial charge in [-0.2, -0.15) is 0 Å². The van der Waals surface area contributed by atoms with E-state index in [0.717, 1.165) is 50.9 Å². The Morgan fingerprint density at radius 1 is 0.833 bits per heavy atom. The number of allylic oxidation sites excluding steroid dienone is 8. The standard InChI is InChI=1S/C23H32O/c1-3-5-6-7-8-9-10-11-12-13-14-15-16-20-24-23-19-17-18-22(4-2)21-23/h5-6,9-14,17-19,21H,3-4,7-8,15-16,20H2,1-2H3/b6-5-,10-9+,12-11-,14-13+. The molecule has 0 unspecified atom stereocenters. The Morgan fingerprint density at radius 2 is 1.58 bits per heavy atom. The van der Waals surface area contributed by atoms with Crippen molar-refractivity contribution in [3.8, 4) is 5.75 Å². The van der Waals surface area contributed by atoms with Gasteiger partial charge in [-0.25, -0.2) is 0 Å². The van der Waals surface area contributed by atoms with Gasteiger partial charge in [-0.05, 0) is 56.2 Å². The third-order valence-corrected chi connectivity index (χ3v) is 3.60. The maximum absolute atomic E-state index is 5.78. The van der Waals surface area contributed by atoms with Crippen LogP contribution < -0.4 is 4.74 Å². The molecule has 1 heteroatoms. The zero-order valence-corrected chi connectivity index (χ0v) is 15.3. The minimum Gasteiger partial charge on any atom is -0.494 e. The molecule has 0 amide bonds. The highest BCUT2D eigenvalue weighted by Crippen LogP contribution is 2.14. The second-order valence-corrected chi connectivity index (χ2v) is 5.69. The van der Waals surface area contributed by atoms with E-state index in [-0.39, 0.29) is 0 Å². The molecule has 0 aliphatic rings. The molecule has 24 heavy (non-hydrogen) atoms. The Hall–Kier alpha value is -2.02. The molecule has 1 nitrogen and oxygen atoms in total. The van der Waals surface area contributed by atoms with Crippen molar-refractivity contribution in [1.29, 1.82) is 0 Å². The van der Waals surface area contributed by atoms with Crippen molar-refractivity contribution in [2.24, 2.45) is 0 Å². The molecule has 1 aromatic rings. The molecule has 0 N–H and O–H groups in total. The predicted molar refractivity (Wildman–Crippen MR) is 107 cm³/mol. The molecule has 1 rings (SSSR count). The first-order valence-electron chi connectivity index (χ1n) is 9.21. The van der Waals surface area contributed by atoms with E-state index in [2.05, 4.69) is 80.7 Å². The van der Waals surface area contributed by atoms with Gasteiger partial charge in [0.15, 0.2) is 0 Å². The van der Waals surface area contributed by atoms with Gasteiger partial charge in [-0.3, -0.25) is 0 Å². The van der Waals surface area contributed by atoms with E-state index in [1.165, 1.54) is 5.56 Å². The maximum atomic E-state index is 5.78. The first-order valence-corrected chi connectivity index (χ1v) is 9.21. The van der Waals surface area contributed by atoms with E-state index in [1.807, 2.05) is 6.07 Å². The molecular formula is C23H32O. The van der Waals surface area contributed by atoms with Crippen molar-refractivity contribution < 1.29 is 4.74 Å². The fourth-order valence-corrected chi connectivity index (χ4v) is 2.20. The van der Waals surface area contributed by atoms with E-state index in [0.29, 0.717) is 0 Å². The van der Waals surface area contributed by atoms with Crippen molar-refractivity contribution >= 4 is 0 Å². The molecular weight excluding hydrogens is 292 g/mol. The average molecular weight is 325 g/mol. The van der Waals surface area contributed by atoms with Crippen LogP contribution in [0.5, 0.6) is 5.75 Å². The second-order valence-electron chi connectivity index (χ2n) is 5.69. The first-order chi connectivity index (χ1) is 11.9. The van der Waals surface area contributed by atoms with Gasteiger partial charge in [0.25, 0.3) is 0 Å². The van der Waals surface area contributed by atoms with Crippen LogP contribution in [-0.2, 0) is 6.42 Å². The van der Waals surface area contributed by atoms with Crippen LogP contribution in [0.15, 0.2) is 72.9 Å². The summed E-state index contributed by atoms with van der Waals surface area (Å²) in [4.78, 5) is 0. The quantitative estimate of drug-likeness (QED) is 0.233. The van der Waals surface area contributed by atoms with Gasteiger partial charge in [0, 0.05) is 0 Å². The molecule has 0 saturated carbocycles. The predicted octanol–water partition coefficient (Wildman–Crippen LogP) is 6.82. The monoisotopic (exact) mass is 324 g/mol. The molecule has 0 radical (unpaired) electrons. The molecule has 0 aliphatic heterocycles. The van der Waals surface area contributed by atoms with Crippen molar-refractivity contribution in [3.05, 3.63) is 78.4 Å². The van der Waals surface area contributed by atoms with E-state index in [9.17, 15) is 0 Å². The summed E-state index contributed by atoms with van der Waals surface area (Å²) in [7, 11) is 0. The zero-order chi connectivity index (χ0) is 17.3. The zero-order valence-electron chi connectivity index (χ0n) is 15.3. The van der Waals surface area contributed by atoms with Crippen molar-refractivity contribution in [3.63, 3.8) is 0 Å². The minimum absolute atomic E-state index is 0.770. The average Bonchev–Trinajstić information content (AvgIpc) is 2.62. The Labute approximate surface area is 148 Å². The maximum Gasteiger partial charge on any atom is 0.119 e. The summed E-state index contributed by atoms with van der Waals surface area (Å²) < 4.78 is 5.78. The van der Waals surface area contributed by atoms with E-state index >= 15 is 0 Å². The lowest BCUT2D eigenvalue weighted by atomic mass is 10.2. The Bertz CT molecular complexity index is 535. The van der Waals surface area contributed by atoms with E-state index in [4.69, 9.17) is 4.74 Å².